The number of nitrogens with one attached hydrogen (secondary N) is 1. The van der Waals surface area contributed by atoms with E-state index in [1.165, 1.54) is 0 Å². The summed E-state index contributed by atoms with van der Waals surface area (Å²) < 4.78 is 213. The monoisotopic (exact) mass is 1100 g/mol. The van der Waals surface area contributed by atoms with E-state index < -0.39 is 150 Å². The molecule has 66 heavy (non-hydrogen) atoms. The second-order valence-electron chi connectivity index (χ2n) is 12.9. The van der Waals surface area contributed by atoms with Crippen LogP contribution in [0.15, 0.2) is 66.1 Å². The zero-order valence-electron chi connectivity index (χ0n) is 31.7. The fourth-order valence-corrected chi connectivity index (χ4v) is 11.3. The molecule has 0 radical (unpaired) electrons. The van der Waals surface area contributed by atoms with Crippen molar-refractivity contribution in [2.45, 2.75) is 47.7 Å². The van der Waals surface area contributed by atoms with Gasteiger partial charge in [0.05, 0.1) is 5.70 Å². The molecule has 0 aromatic carbocycles. The first-order valence-electron chi connectivity index (χ1n) is 16.2. The second kappa shape index (κ2) is 19.8. The van der Waals surface area contributed by atoms with Crippen LogP contribution in [0.4, 0.5) is 35.1 Å². The van der Waals surface area contributed by atoms with Gasteiger partial charge in [0.2, 0.25) is 11.3 Å². The topological polar surface area (TPSA) is 435 Å². The summed E-state index contributed by atoms with van der Waals surface area (Å²) in [6.45, 7) is 1.62. The molecule has 4 heterocycles. The van der Waals surface area contributed by atoms with Crippen LogP contribution in [-0.4, -0.2) is 139 Å². The molecule has 2 saturated heterocycles. The maximum atomic E-state index is 15.2. The maximum Gasteiger partial charge on any atom is 0.490 e. The van der Waals surface area contributed by atoms with Gasteiger partial charge < -0.3 is 79.7 Å². The number of hydrogen-bond acceptors (Lipinski definition) is 21. The van der Waals surface area contributed by atoms with Gasteiger partial charge in [0.1, 0.15) is 38.2 Å². The molecule has 0 aliphatic carbocycles. The van der Waals surface area contributed by atoms with Gasteiger partial charge in [-0.05, 0) is 0 Å². The van der Waals surface area contributed by atoms with Crippen LogP contribution in [0.3, 0.4) is 0 Å². The summed E-state index contributed by atoms with van der Waals surface area (Å²) in [4.78, 5) is 74.7. The molecule has 12 atom stereocenters. The van der Waals surface area contributed by atoms with Gasteiger partial charge in [-0.2, -0.15) is 17.2 Å². The van der Waals surface area contributed by atoms with Crippen molar-refractivity contribution in [3.63, 3.8) is 0 Å². The summed E-state index contributed by atoms with van der Waals surface area (Å²) in [5.41, 5.74) is -2.49. The average Bonchev–Trinajstić information content (AvgIpc) is 3.46. The van der Waals surface area contributed by atoms with Gasteiger partial charge in [-0.3, -0.25) is 9.05 Å². The predicted octanol–water partition coefficient (Wildman–Crippen LogP) is 1.44. The van der Waals surface area contributed by atoms with Crippen LogP contribution in [0.1, 0.15) is 0 Å². The van der Waals surface area contributed by atoms with E-state index in [9.17, 15) is 65.0 Å². The van der Waals surface area contributed by atoms with Gasteiger partial charge in [0.25, 0.3) is 11.7 Å². The number of ether oxygens (including phenoxy) is 2. The summed E-state index contributed by atoms with van der Waals surface area (Å²) in [6.07, 6.45) is -10.3. The molecular weight excluding hydrogens is 1070 g/mol. The highest BCUT2D eigenvalue weighted by Crippen LogP contribution is 2.68. The van der Waals surface area contributed by atoms with Gasteiger partial charge in [-0.15, -0.1) is 0 Å². The first-order chi connectivity index (χ1) is 29.5. The smallest absolute Gasteiger partial charge is 0.383 e. The number of halogens is 8. The van der Waals surface area contributed by atoms with Crippen molar-refractivity contribution in [2.24, 2.45) is 10.7 Å². The van der Waals surface area contributed by atoms with E-state index in [1.54, 1.807) is 0 Å². The fraction of sp³-hybridized carbons (Fsp3) is 0.522. The Morgan fingerprint density at radius 2 is 1.03 bits per heavy atom. The number of rotatable bonds is 18. The number of hydrogen-bond donors (Lipinski definition) is 12. The summed E-state index contributed by atoms with van der Waals surface area (Å²) in [5.74, 6) is -11.9. The fourth-order valence-electron chi connectivity index (χ4n) is 5.21. The number of phosphoric ester groups is 2. The van der Waals surface area contributed by atoms with Crippen LogP contribution < -0.4 is 11.1 Å². The first-order valence-corrected chi connectivity index (χ1v) is 25.2. The Morgan fingerprint density at radius 1 is 0.667 bits per heavy atom. The standard InChI is InChI=1S/C12H17F4N2O12P3.C11H16F4N3O12P3/c1-6-8(14)3-18(7(2)17-6)10-11(15,4-13)9(19)12(16,28-10)5-27-32(23,24)30-33(25,26)29-31(20,21)22;1-5-17-7(16)6(13)2-18(5)9-10(14,3-12)8(19)11(15,28-9)4-27-32(23,24)30-33(25,26)29-31(20,21)22/h3,9-10,17,19H,1-2,4-5H2,(H,23,24)(H,25,26)(H2,20,21,22);2,8-9,19H,1,3-4H2,(H2,16,17)(H,23,24)(H,25,26)(H2,20,21,22)/t9-,10-,11?,12-;8-,9-,10?,11-/m11/s1. The zero-order chi connectivity index (χ0) is 51.2. The molecule has 0 aromatic heterocycles. The molecule has 4 aliphatic rings. The summed E-state index contributed by atoms with van der Waals surface area (Å²) >= 11 is 0. The Hall–Kier alpha value is -2.33. The van der Waals surface area contributed by atoms with E-state index in [-0.39, 0.29) is 5.70 Å². The predicted molar refractivity (Wildman–Crippen MR) is 193 cm³/mol. The van der Waals surface area contributed by atoms with E-state index >= 15 is 17.6 Å². The normalized spacial score (nSPS) is 34.5. The highest BCUT2D eigenvalue weighted by Gasteiger charge is 2.70. The molecule has 13 N–H and O–H groups in total. The molecule has 43 heteroatoms. The zero-order valence-corrected chi connectivity index (χ0v) is 37.1. The maximum absolute atomic E-state index is 15.2. The Kier molecular flexibility index (Phi) is 17.4. The lowest BCUT2D eigenvalue weighted by atomic mass is 9.95. The van der Waals surface area contributed by atoms with E-state index in [0.717, 1.165) is 0 Å². The molecule has 0 amide bonds. The van der Waals surface area contributed by atoms with Crippen LogP contribution in [0.25, 0.3) is 0 Å². The molecule has 0 bridgehead atoms. The number of amidine groups is 1. The lowest BCUT2D eigenvalue weighted by Crippen LogP contribution is -2.54. The SMILES string of the molecule is C=C1N=C(N)C(F)=CN1[C@@H]1O[C@](F)(COP(=O)(O)OP(=O)(O)OP(=O)(O)O)[C@H](O)C1(F)CF.C=C1NC(=C)N([C@@H]2O[C@](F)(COP(=O)(O)OP(=O)(O)OP(=O)(O)O)[C@H](O)C2(F)CF)C=C1F. The van der Waals surface area contributed by atoms with Crippen LogP contribution >= 0.6 is 46.9 Å². The average molecular weight is 1100 g/mol. The lowest BCUT2D eigenvalue weighted by Gasteiger charge is -2.37. The molecule has 29 nitrogen and oxygen atoms in total. The Bertz CT molecular complexity index is 2340. The minimum atomic E-state index is -5.98. The third kappa shape index (κ3) is 13.9. The van der Waals surface area contributed by atoms with Crippen molar-refractivity contribution >= 4 is 52.8 Å². The summed E-state index contributed by atoms with van der Waals surface area (Å²) in [5, 5.41) is 22.2. The highest BCUT2D eigenvalue weighted by molar-refractivity contribution is 7.67. The molecule has 6 unspecified atom stereocenters. The Labute approximate surface area is 361 Å². The van der Waals surface area contributed by atoms with Gasteiger partial charge in [0.15, 0.2) is 42.2 Å². The van der Waals surface area contributed by atoms with E-state index in [1.807, 2.05) is 0 Å². The van der Waals surface area contributed by atoms with Crippen LogP contribution in [0, 0.1) is 0 Å². The number of aliphatic hydroxyl groups is 2. The third-order valence-electron chi connectivity index (χ3n) is 7.95. The highest BCUT2D eigenvalue weighted by atomic mass is 31.3. The van der Waals surface area contributed by atoms with Crippen molar-refractivity contribution in [1.29, 1.82) is 0 Å². The van der Waals surface area contributed by atoms with Crippen molar-refractivity contribution in [3.05, 3.63) is 61.1 Å². The summed E-state index contributed by atoms with van der Waals surface area (Å²) in [6, 6.07) is 0. The van der Waals surface area contributed by atoms with Crippen LogP contribution in [0.2, 0.25) is 0 Å². The van der Waals surface area contributed by atoms with Crippen LogP contribution in [-0.2, 0) is 63.2 Å². The van der Waals surface area contributed by atoms with Gasteiger partial charge in [-0.25, -0.2) is 67.5 Å². The molecule has 4 rings (SSSR count). The number of phosphoric acid groups is 6. The molecular formula is C23H33F8N5O24P6. The van der Waals surface area contributed by atoms with Crippen molar-refractivity contribution < 1.29 is 148 Å². The van der Waals surface area contributed by atoms with E-state index in [4.69, 9.17) is 35.1 Å². The van der Waals surface area contributed by atoms with E-state index in [0.29, 0.717) is 22.2 Å². The Morgan fingerprint density at radius 3 is 1.39 bits per heavy atom. The van der Waals surface area contributed by atoms with Gasteiger partial charge >= 0.3 is 46.9 Å². The van der Waals surface area contributed by atoms with Crippen molar-refractivity contribution in [3.8, 4) is 0 Å². The number of alkyl halides is 6. The number of nitrogens with zero attached hydrogens (tertiary/aromatic N) is 3. The minimum absolute atomic E-state index is 0.320. The molecule has 0 saturated carbocycles. The Balaban J connectivity index is 0.000000350. The van der Waals surface area contributed by atoms with Gasteiger partial charge in [-0.1, -0.05) is 19.7 Å². The lowest BCUT2D eigenvalue weighted by molar-refractivity contribution is -0.207. The number of aliphatic hydroxyl groups excluding tert-OH is 2. The molecule has 380 valence electrons. The molecule has 0 aromatic rings. The first kappa shape index (κ1) is 58.0. The van der Waals surface area contributed by atoms with Crippen molar-refractivity contribution in [2.75, 3.05) is 26.6 Å². The van der Waals surface area contributed by atoms with Crippen molar-refractivity contribution in [1.82, 2.24) is 15.1 Å². The minimum Gasteiger partial charge on any atom is -0.383 e. The number of aliphatic imine (C=N–C) groups is 1. The van der Waals surface area contributed by atoms with E-state index in [2.05, 4.69) is 65.8 Å². The van der Waals surface area contributed by atoms with Gasteiger partial charge in [0, 0.05) is 12.4 Å². The van der Waals surface area contributed by atoms with Crippen LogP contribution in [0.5, 0.6) is 0 Å². The summed E-state index contributed by atoms with van der Waals surface area (Å²) in [7, 11) is -35.2. The second-order valence-corrected chi connectivity index (χ2v) is 21.7. The quantitative estimate of drug-likeness (QED) is 0.0682. The molecule has 0 spiro atoms. The largest absolute Gasteiger partial charge is 0.490 e. The number of allylic oxidation sites excluding steroid dienone is 1. The molecule has 2 fully saturated rings. The number of nitrogens with two attached hydrogens (primary N) is 1. The third-order valence-corrected chi connectivity index (χ3v) is 15.5. The molecule has 4 aliphatic heterocycles.